The fraction of sp³-hybridized carbons (Fsp3) is 0.286. The van der Waals surface area contributed by atoms with Gasteiger partial charge in [0, 0.05) is 10.9 Å². The van der Waals surface area contributed by atoms with Crippen molar-refractivity contribution in [3.05, 3.63) is 29.3 Å². The Morgan fingerprint density at radius 2 is 1.80 bits per heavy atom. The van der Waals surface area contributed by atoms with Gasteiger partial charge in [0.05, 0.1) is 18.8 Å². The molecule has 0 unspecified atom stereocenters. The van der Waals surface area contributed by atoms with Gasteiger partial charge in [0.2, 0.25) is 0 Å². The van der Waals surface area contributed by atoms with Gasteiger partial charge in [-0.2, -0.15) is 0 Å². The third kappa shape index (κ3) is 2.45. The van der Waals surface area contributed by atoms with Crippen LogP contribution in [0.1, 0.15) is 34.6 Å². The maximum Gasteiger partial charge on any atom is 0.342 e. The highest BCUT2D eigenvalue weighted by Crippen LogP contribution is 2.26. The van der Waals surface area contributed by atoms with Gasteiger partial charge in [-0.3, -0.25) is 0 Å². The van der Waals surface area contributed by atoms with Gasteiger partial charge in [-0.1, -0.05) is 6.07 Å². The largest absolute Gasteiger partial charge is 0.462 e. The number of carbonyl (C=O) groups excluding carboxylic acids is 2. The van der Waals surface area contributed by atoms with Crippen LogP contribution < -0.4 is 5.73 Å². The molecule has 0 amide bonds. The second-order valence-electron chi connectivity index (χ2n) is 4.11. The Morgan fingerprint density at radius 1 is 1.15 bits per heavy atom. The Labute approximate surface area is 115 Å². The number of benzene rings is 1. The van der Waals surface area contributed by atoms with Crippen LogP contribution in [0.5, 0.6) is 0 Å². The molecular formula is C14H16N2O4. The summed E-state index contributed by atoms with van der Waals surface area (Å²) in [6, 6.07) is 4.85. The number of nitrogen functional groups attached to an aromatic ring is 1. The molecule has 6 heteroatoms. The molecule has 3 N–H and O–H groups in total. The second-order valence-corrected chi connectivity index (χ2v) is 4.11. The van der Waals surface area contributed by atoms with Gasteiger partial charge in [0.1, 0.15) is 11.4 Å². The van der Waals surface area contributed by atoms with Crippen LogP contribution in [0.25, 0.3) is 10.9 Å². The van der Waals surface area contributed by atoms with Crippen molar-refractivity contribution in [1.29, 1.82) is 0 Å². The monoisotopic (exact) mass is 276 g/mol. The third-order valence-electron chi connectivity index (χ3n) is 2.82. The topological polar surface area (TPSA) is 94.4 Å². The Bertz CT molecular complexity index is 660. The average molecular weight is 276 g/mol. The van der Waals surface area contributed by atoms with Crippen molar-refractivity contribution in [3.8, 4) is 0 Å². The Balaban J connectivity index is 2.46. The van der Waals surface area contributed by atoms with Gasteiger partial charge < -0.3 is 20.2 Å². The number of fused-ring (bicyclic) bond motifs is 1. The molecule has 106 valence electrons. The van der Waals surface area contributed by atoms with E-state index in [2.05, 4.69) is 4.98 Å². The van der Waals surface area contributed by atoms with Gasteiger partial charge in [0.15, 0.2) is 0 Å². The van der Waals surface area contributed by atoms with Crippen molar-refractivity contribution >= 4 is 28.7 Å². The van der Waals surface area contributed by atoms with Crippen molar-refractivity contribution in [3.63, 3.8) is 0 Å². The standard InChI is InChI=1S/C14H16N2O4/c1-3-19-13(17)8-5-6-9-10(7-8)16-12(15)11(9)14(18)20-4-2/h5-7,16H,3-4,15H2,1-2H3. The summed E-state index contributed by atoms with van der Waals surface area (Å²) in [5.74, 6) is -0.681. The first-order valence-electron chi connectivity index (χ1n) is 6.33. The molecule has 0 aliphatic carbocycles. The van der Waals surface area contributed by atoms with Crippen LogP contribution in [0.4, 0.5) is 5.82 Å². The number of carbonyl (C=O) groups is 2. The van der Waals surface area contributed by atoms with E-state index in [1.54, 1.807) is 32.0 Å². The normalized spacial score (nSPS) is 10.5. The maximum absolute atomic E-state index is 11.8. The minimum Gasteiger partial charge on any atom is -0.462 e. The lowest BCUT2D eigenvalue weighted by Gasteiger charge is -2.03. The smallest absolute Gasteiger partial charge is 0.342 e. The summed E-state index contributed by atoms with van der Waals surface area (Å²) in [6.45, 7) is 4.04. The van der Waals surface area contributed by atoms with E-state index in [1.165, 1.54) is 0 Å². The van der Waals surface area contributed by atoms with Gasteiger partial charge in [-0.25, -0.2) is 9.59 Å². The van der Waals surface area contributed by atoms with Crippen LogP contribution in [0.3, 0.4) is 0 Å². The maximum atomic E-state index is 11.8. The number of nitrogens with one attached hydrogen (secondary N) is 1. The van der Waals surface area contributed by atoms with Crippen LogP contribution in [-0.2, 0) is 9.47 Å². The number of hydrogen-bond acceptors (Lipinski definition) is 5. The lowest BCUT2D eigenvalue weighted by Crippen LogP contribution is -2.07. The summed E-state index contributed by atoms with van der Waals surface area (Å²) in [5.41, 5.74) is 7.08. The predicted octanol–water partition coefficient (Wildman–Crippen LogP) is 2.10. The summed E-state index contributed by atoms with van der Waals surface area (Å²) >= 11 is 0. The molecular weight excluding hydrogens is 260 g/mol. The zero-order valence-corrected chi connectivity index (χ0v) is 11.4. The highest BCUT2D eigenvalue weighted by molar-refractivity contribution is 6.10. The first-order valence-corrected chi connectivity index (χ1v) is 6.33. The summed E-state index contributed by atoms with van der Waals surface area (Å²) in [5, 5.41) is 0.619. The third-order valence-corrected chi connectivity index (χ3v) is 2.82. The highest BCUT2D eigenvalue weighted by atomic mass is 16.5. The second kappa shape index (κ2) is 5.64. The molecule has 0 saturated carbocycles. The minimum absolute atomic E-state index is 0.222. The number of aromatic amines is 1. The first-order chi connectivity index (χ1) is 9.58. The molecule has 6 nitrogen and oxygen atoms in total. The predicted molar refractivity (Wildman–Crippen MR) is 74.6 cm³/mol. The van der Waals surface area contributed by atoms with Crippen LogP contribution in [0.2, 0.25) is 0 Å². The number of aromatic nitrogens is 1. The van der Waals surface area contributed by atoms with Gasteiger partial charge in [0.25, 0.3) is 0 Å². The van der Waals surface area contributed by atoms with Crippen LogP contribution >= 0.6 is 0 Å². The number of anilines is 1. The lowest BCUT2D eigenvalue weighted by atomic mass is 10.1. The molecule has 0 radical (unpaired) electrons. The number of nitrogens with two attached hydrogens (primary N) is 1. The summed E-state index contributed by atoms with van der Waals surface area (Å²) in [4.78, 5) is 26.4. The molecule has 0 bridgehead atoms. The SMILES string of the molecule is CCOC(=O)c1ccc2c(C(=O)OCC)c(N)[nH]c2c1. The molecule has 1 aromatic carbocycles. The molecule has 2 rings (SSSR count). The van der Waals surface area contributed by atoms with Gasteiger partial charge >= 0.3 is 11.9 Å². The van der Waals surface area contributed by atoms with Crippen molar-refractivity contribution in [2.75, 3.05) is 18.9 Å². The van der Waals surface area contributed by atoms with E-state index in [1.807, 2.05) is 0 Å². The zero-order chi connectivity index (χ0) is 14.7. The van der Waals surface area contributed by atoms with Gasteiger partial charge in [-0.15, -0.1) is 0 Å². The van der Waals surface area contributed by atoms with E-state index >= 15 is 0 Å². The van der Waals surface area contributed by atoms with E-state index in [0.29, 0.717) is 23.1 Å². The fourth-order valence-corrected chi connectivity index (χ4v) is 1.98. The fourth-order valence-electron chi connectivity index (χ4n) is 1.98. The first kappa shape index (κ1) is 13.9. The molecule has 0 fully saturated rings. The highest BCUT2D eigenvalue weighted by Gasteiger charge is 2.19. The van der Waals surface area contributed by atoms with Crippen molar-refractivity contribution in [2.24, 2.45) is 0 Å². The molecule has 0 aliphatic heterocycles. The van der Waals surface area contributed by atoms with Crippen LogP contribution in [0.15, 0.2) is 18.2 Å². The lowest BCUT2D eigenvalue weighted by molar-refractivity contribution is 0.0519. The molecule has 0 saturated heterocycles. The molecule has 1 heterocycles. The van der Waals surface area contributed by atoms with E-state index in [-0.39, 0.29) is 18.0 Å². The van der Waals surface area contributed by atoms with Crippen LogP contribution in [0, 0.1) is 0 Å². The molecule has 0 aliphatic rings. The summed E-state index contributed by atoms with van der Waals surface area (Å²) in [6.07, 6.45) is 0. The minimum atomic E-state index is -0.486. The summed E-state index contributed by atoms with van der Waals surface area (Å²) in [7, 11) is 0. The van der Waals surface area contributed by atoms with Crippen LogP contribution in [-0.4, -0.2) is 30.1 Å². The van der Waals surface area contributed by atoms with Gasteiger partial charge in [-0.05, 0) is 26.0 Å². The molecule has 0 atom stereocenters. The quantitative estimate of drug-likeness (QED) is 0.834. The average Bonchev–Trinajstić information content (AvgIpc) is 2.74. The Kier molecular flexibility index (Phi) is 3.93. The number of hydrogen-bond donors (Lipinski definition) is 2. The number of esters is 2. The van der Waals surface area contributed by atoms with Crippen molar-refractivity contribution in [1.82, 2.24) is 4.98 Å². The van der Waals surface area contributed by atoms with E-state index in [4.69, 9.17) is 15.2 Å². The Hall–Kier alpha value is -2.50. The molecule has 0 spiro atoms. The Morgan fingerprint density at radius 3 is 2.45 bits per heavy atom. The van der Waals surface area contributed by atoms with E-state index < -0.39 is 11.9 Å². The number of rotatable bonds is 4. The van der Waals surface area contributed by atoms with E-state index in [0.717, 1.165) is 0 Å². The number of H-pyrrole nitrogens is 1. The van der Waals surface area contributed by atoms with E-state index in [9.17, 15) is 9.59 Å². The molecule has 1 aromatic heterocycles. The van der Waals surface area contributed by atoms with Crippen molar-refractivity contribution in [2.45, 2.75) is 13.8 Å². The summed E-state index contributed by atoms with van der Waals surface area (Å²) < 4.78 is 9.89. The molecule has 20 heavy (non-hydrogen) atoms. The number of ether oxygens (including phenoxy) is 2. The zero-order valence-electron chi connectivity index (χ0n) is 11.4. The van der Waals surface area contributed by atoms with Crippen molar-refractivity contribution < 1.29 is 19.1 Å². The molecule has 2 aromatic rings.